The van der Waals surface area contributed by atoms with Gasteiger partial charge in [0.25, 0.3) is 0 Å². The van der Waals surface area contributed by atoms with Crippen LogP contribution in [0.3, 0.4) is 0 Å². The van der Waals surface area contributed by atoms with Gasteiger partial charge in [0.15, 0.2) is 0 Å². The number of nitrogens with one attached hydrogen (secondary N) is 1. The van der Waals surface area contributed by atoms with Crippen LogP contribution < -0.4 is 10.1 Å². The first-order chi connectivity index (χ1) is 12.4. The van der Waals surface area contributed by atoms with Crippen molar-refractivity contribution in [3.05, 3.63) is 95.3 Å². The van der Waals surface area contributed by atoms with Gasteiger partial charge < -0.3 is 10.1 Å². The minimum Gasteiger partial charge on any atom is -0.493 e. The third kappa shape index (κ3) is 3.72. The Kier molecular flexibility index (Phi) is 4.75. The van der Waals surface area contributed by atoms with Gasteiger partial charge in [0.05, 0.1) is 12.6 Å². The van der Waals surface area contributed by atoms with Crippen molar-refractivity contribution in [2.24, 2.45) is 0 Å². The number of benzene rings is 2. The van der Waals surface area contributed by atoms with E-state index in [4.69, 9.17) is 4.74 Å². The van der Waals surface area contributed by atoms with Gasteiger partial charge in [-0.25, -0.2) is 0 Å². The van der Waals surface area contributed by atoms with Gasteiger partial charge in [-0.15, -0.1) is 0 Å². The molecule has 1 aliphatic rings. The van der Waals surface area contributed by atoms with E-state index >= 15 is 0 Å². The summed E-state index contributed by atoms with van der Waals surface area (Å²) >= 11 is 0. The first-order valence-corrected chi connectivity index (χ1v) is 8.83. The van der Waals surface area contributed by atoms with E-state index in [2.05, 4.69) is 64.9 Å². The van der Waals surface area contributed by atoms with Crippen molar-refractivity contribution in [1.29, 1.82) is 0 Å². The quantitative estimate of drug-likeness (QED) is 0.758. The van der Waals surface area contributed by atoms with Crippen molar-refractivity contribution in [2.75, 3.05) is 6.61 Å². The molecule has 0 fully saturated rings. The molecule has 0 unspecified atom stereocenters. The third-order valence-corrected chi connectivity index (χ3v) is 4.63. The third-order valence-electron chi connectivity index (χ3n) is 4.63. The molecule has 0 saturated carbocycles. The van der Waals surface area contributed by atoms with Gasteiger partial charge >= 0.3 is 0 Å². The van der Waals surface area contributed by atoms with E-state index in [0.29, 0.717) is 0 Å². The summed E-state index contributed by atoms with van der Waals surface area (Å²) in [6.45, 7) is 1.61. The van der Waals surface area contributed by atoms with Crippen molar-refractivity contribution in [3.8, 4) is 5.75 Å². The maximum atomic E-state index is 5.76. The Labute approximate surface area is 148 Å². The van der Waals surface area contributed by atoms with E-state index in [0.717, 1.165) is 31.7 Å². The van der Waals surface area contributed by atoms with E-state index < -0.39 is 0 Å². The highest BCUT2D eigenvalue weighted by Gasteiger charge is 2.17. The number of hydrogen-bond acceptors (Lipinski definition) is 3. The van der Waals surface area contributed by atoms with E-state index in [-0.39, 0.29) is 6.04 Å². The highest BCUT2D eigenvalue weighted by molar-refractivity contribution is 5.42. The van der Waals surface area contributed by atoms with Gasteiger partial charge in [-0.05, 0) is 47.2 Å². The second kappa shape index (κ2) is 7.49. The summed E-state index contributed by atoms with van der Waals surface area (Å²) < 4.78 is 5.76. The summed E-state index contributed by atoms with van der Waals surface area (Å²) in [7, 11) is 0. The first-order valence-electron chi connectivity index (χ1n) is 8.83. The van der Waals surface area contributed by atoms with Gasteiger partial charge in [0.2, 0.25) is 0 Å². The summed E-state index contributed by atoms with van der Waals surface area (Å²) in [5.41, 5.74) is 5.04. The van der Waals surface area contributed by atoms with E-state index in [1.807, 2.05) is 18.5 Å². The Morgan fingerprint density at radius 2 is 1.92 bits per heavy atom. The smallest absolute Gasteiger partial charge is 0.122 e. The Morgan fingerprint density at radius 3 is 2.76 bits per heavy atom. The van der Waals surface area contributed by atoms with Gasteiger partial charge in [-0.1, -0.05) is 48.5 Å². The lowest BCUT2D eigenvalue weighted by Gasteiger charge is -2.23. The number of rotatable bonds is 5. The fourth-order valence-electron chi connectivity index (χ4n) is 3.36. The maximum Gasteiger partial charge on any atom is 0.122 e. The Bertz CT molecular complexity index is 818. The number of hydrogen-bond donors (Lipinski definition) is 1. The van der Waals surface area contributed by atoms with Crippen LogP contribution >= 0.6 is 0 Å². The number of aryl methyl sites for hydroxylation is 1. The van der Waals surface area contributed by atoms with Gasteiger partial charge in [0.1, 0.15) is 5.75 Å². The highest BCUT2D eigenvalue weighted by Crippen LogP contribution is 2.30. The highest BCUT2D eigenvalue weighted by atomic mass is 16.5. The Morgan fingerprint density at radius 1 is 1.00 bits per heavy atom. The molecule has 1 aromatic heterocycles. The molecule has 1 N–H and O–H groups in total. The van der Waals surface area contributed by atoms with Crippen molar-refractivity contribution in [3.63, 3.8) is 0 Å². The van der Waals surface area contributed by atoms with Crippen LogP contribution in [0, 0.1) is 0 Å². The number of fused-ring (bicyclic) bond motifs is 1. The van der Waals surface area contributed by atoms with Crippen molar-refractivity contribution in [1.82, 2.24) is 10.3 Å². The Hall–Kier alpha value is -2.65. The lowest BCUT2D eigenvalue weighted by Crippen LogP contribution is -2.22. The topological polar surface area (TPSA) is 34.2 Å². The van der Waals surface area contributed by atoms with E-state index in [1.165, 1.54) is 22.3 Å². The molecule has 0 saturated heterocycles. The maximum absolute atomic E-state index is 5.76. The molecule has 4 rings (SSSR count). The Balaban J connectivity index is 1.63. The molecular formula is C22H22N2O. The second-order valence-corrected chi connectivity index (χ2v) is 6.41. The molecular weight excluding hydrogens is 308 g/mol. The van der Waals surface area contributed by atoms with Crippen LogP contribution in [0.2, 0.25) is 0 Å². The molecule has 126 valence electrons. The average molecular weight is 330 g/mol. The van der Waals surface area contributed by atoms with Crippen LogP contribution in [-0.4, -0.2) is 11.6 Å². The molecule has 0 amide bonds. The van der Waals surface area contributed by atoms with Crippen molar-refractivity contribution < 1.29 is 4.74 Å². The summed E-state index contributed by atoms with van der Waals surface area (Å²) in [5.74, 6) is 1.04. The molecule has 1 atom stereocenters. The zero-order valence-electron chi connectivity index (χ0n) is 14.2. The number of pyridine rings is 1. The van der Waals surface area contributed by atoms with Crippen LogP contribution in [0.25, 0.3) is 0 Å². The lowest BCUT2D eigenvalue weighted by molar-refractivity contribution is 0.288. The van der Waals surface area contributed by atoms with E-state index in [9.17, 15) is 0 Å². The van der Waals surface area contributed by atoms with Crippen LogP contribution in [0.1, 0.15) is 34.7 Å². The minimum atomic E-state index is 0.147. The van der Waals surface area contributed by atoms with Crippen LogP contribution in [-0.2, 0) is 13.0 Å². The molecule has 0 spiro atoms. The number of aromatic nitrogens is 1. The van der Waals surface area contributed by atoms with Crippen molar-refractivity contribution >= 4 is 0 Å². The molecule has 2 aromatic carbocycles. The zero-order valence-corrected chi connectivity index (χ0v) is 14.2. The van der Waals surface area contributed by atoms with Gasteiger partial charge in [-0.2, -0.15) is 0 Å². The summed E-state index contributed by atoms with van der Waals surface area (Å²) in [4.78, 5) is 4.21. The molecule has 2 heterocycles. The molecule has 25 heavy (non-hydrogen) atoms. The molecule has 0 radical (unpaired) electrons. The predicted molar refractivity (Wildman–Crippen MR) is 99.6 cm³/mol. The summed E-state index contributed by atoms with van der Waals surface area (Å²) in [6.07, 6.45) is 5.90. The fraction of sp³-hybridized carbons (Fsp3) is 0.227. The first kappa shape index (κ1) is 15.9. The molecule has 3 nitrogen and oxygen atoms in total. The largest absolute Gasteiger partial charge is 0.493 e. The minimum absolute atomic E-state index is 0.147. The monoisotopic (exact) mass is 330 g/mol. The summed E-state index contributed by atoms with van der Waals surface area (Å²) in [6, 6.07) is 21.4. The molecule has 3 heteroatoms. The molecule has 3 aromatic rings. The molecule has 0 aliphatic carbocycles. The van der Waals surface area contributed by atoms with Gasteiger partial charge in [0, 0.05) is 18.9 Å². The lowest BCUT2D eigenvalue weighted by atomic mass is 9.94. The zero-order chi connectivity index (χ0) is 16.9. The second-order valence-electron chi connectivity index (χ2n) is 6.41. The van der Waals surface area contributed by atoms with Gasteiger partial charge in [-0.3, -0.25) is 4.98 Å². The van der Waals surface area contributed by atoms with Crippen LogP contribution in [0.15, 0.2) is 73.1 Å². The number of ether oxygens (including phenoxy) is 1. The SMILES string of the molecule is c1ccc([C@@H](NCc2cccnc2)c2ccc3c(c2)CCCO3)cc1. The fourth-order valence-corrected chi connectivity index (χ4v) is 3.36. The van der Waals surface area contributed by atoms with E-state index in [1.54, 1.807) is 0 Å². The normalized spacial score (nSPS) is 14.4. The summed E-state index contributed by atoms with van der Waals surface area (Å²) in [5, 5.41) is 3.69. The van der Waals surface area contributed by atoms with Crippen molar-refractivity contribution in [2.45, 2.75) is 25.4 Å². The average Bonchev–Trinajstić information content (AvgIpc) is 2.70. The number of nitrogens with zero attached hydrogens (tertiary/aromatic N) is 1. The molecule has 1 aliphatic heterocycles. The molecule has 0 bridgehead atoms. The van der Waals surface area contributed by atoms with Crippen LogP contribution in [0.5, 0.6) is 5.75 Å². The standard InChI is InChI=1S/C22H22N2O/c1-2-7-18(8-3-1)22(24-16-17-6-4-12-23-15-17)20-10-11-21-19(14-20)9-5-13-25-21/h1-4,6-8,10-12,14-15,22,24H,5,9,13,16H2/t22-/m1/s1. The van der Waals surface area contributed by atoms with Crippen LogP contribution in [0.4, 0.5) is 0 Å². The predicted octanol–water partition coefficient (Wildman–Crippen LogP) is 4.29.